The van der Waals surface area contributed by atoms with Crippen LogP contribution in [0.4, 0.5) is 4.39 Å². The Morgan fingerprint density at radius 1 is 1.44 bits per heavy atom. The van der Waals surface area contributed by atoms with Gasteiger partial charge in [0, 0.05) is 12.5 Å². The van der Waals surface area contributed by atoms with E-state index in [-0.39, 0.29) is 12.2 Å². The Morgan fingerprint density at radius 2 is 2.19 bits per heavy atom. The fraction of sp³-hybridized carbons (Fsp3) is 0.417. The van der Waals surface area contributed by atoms with Gasteiger partial charge < -0.3 is 9.84 Å². The Balaban J connectivity index is 2.50. The molecule has 1 N–H and O–H groups in total. The molecule has 0 atom stereocenters. The maximum Gasteiger partial charge on any atom is 0.303 e. The van der Waals surface area contributed by atoms with Crippen LogP contribution in [0.1, 0.15) is 24.8 Å². The molecule has 88 valence electrons. The van der Waals surface area contributed by atoms with Crippen molar-refractivity contribution < 1.29 is 19.0 Å². The molecule has 0 fully saturated rings. The van der Waals surface area contributed by atoms with Gasteiger partial charge in [-0.25, -0.2) is 4.39 Å². The first-order chi connectivity index (χ1) is 7.63. The zero-order valence-corrected chi connectivity index (χ0v) is 9.20. The van der Waals surface area contributed by atoms with Gasteiger partial charge in [0.2, 0.25) is 0 Å². The number of carboxylic acid groups (broad SMARTS) is 1. The number of rotatable bonds is 6. The van der Waals surface area contributed by atoms with Crippen LogP contribution in [0.3, 0.4) is 0 Å². The number of hydrogen-bond donors (Lipinski definition) is 1. The van der Waals surface area contributed by atoms with E-state index >= 15 is 0 Å². The molecule has 0 aliphatic heterocycles. The largest absolute Gasteiger partial charge is 0.496 e. The summed E-state index contributed by atoms with van der Waals surface area (Å²) < 4.78 is 17.9. The average Bonchev–Trinajstić information content (AvgIpc) is 2.25. The second-order valence-corrected chi connectivity index (χ2v) is 3.56. The fourth-order valence-electron chi connectivity index (χ4n) is 1.52. The molecule has 0 spiro atoms. The normalized spacial score (nSPS) is 10.1. The quantitative estimate of drug-likeness (QED) is 0.758. The molecule has 0 aliphatic rings. The molecule has 0 bridgehead atoms. The lowest BCUT2D eigenvalue weighted by Crippen LogP contribution is -1.97. The smallest absolute Gasteiger partial charge is 0.303 e. The third-order valence-electron chi connectivity index (χ3n) is 2.34. The van der Waals surface area contributed by atoms with E-state index in [0.29, 0.717) is 18.6 Å². The maximum absolute atomic E-state index is 12.9. The number of carboxylic acids is 1. The highest BCUT2D eigenvalue weighted by atomic mass is 19.1. The van der Waals surface area contributed by atoms with E-state index in [2.05, 4.69) is 0 Å². The minimum absolute atomic E-state index is 0.170. The van der Waals surface area contributed by atoms with Gasteiger partial charge in [0.25, 0.3) is 0 Å². The third-order valence-corrected chi connectivity index (χ3v) is 2.34. The molecule has 3 nitrogen and oxygen atoms in total. The van der Waals surface area contributed by atoms with Crippen LogP contribution in [0.2, 0.25) is 0 Å². The summed E-state index contributed by atoms with van der Waals surface area (Å²) in [5.74, 6) is -0.590. The molecule has 1 aromatic rings. The van der Waals surface area contributed by atoms with Crippen molar-refractivity contribution in [3.8, 4) is 5.75 Å². The van der Waals surface area contributed by atoms with E-state index in [1.54, 1.807) is 6.07 Å². The van der Waals surface area contributed by atoms with E-state index in [1.165, 1.54) is 19.2 Å². The fourth-order valence-corrected chi connectivity index (χ4v) is 1.52. The Morgan fingerprint density at radius 3 is 2.81 bits per heavy atom. The van der Waals surface area contributed by atoms with Gasteiger partial charge in [0.15, 0.2) is 0 Å². The van der Waals surface area contributed by atoms with Gasteiger partial charge in [-0.15, -0.1) is 0 Å². The van der Waals surface area contributed by atoms with Crippen LogP contribution in [-0.4, -0.2) is 18.2 Å². The molecule has 0 amide bonds. The summed E-state index contributed by atoms with van der Waals surface area (Å²) in [5, 5.41) is 8.47. The lowest BCUT2D eigenvalue weighted by Gasteiger charge is -2.07. The van der Waals surface area contributed by atoms with E-state index in [9.17, 15) is 9.18 Å². The lowest BCUT2D eigenvalue weighted by atomic mass is 10.1. The van der Waals surface area contributed by atoms with Crippen molar-refractivity contribution in [1.29, 1.82) is 0 Å². The number of carbonyl (C=O) groups is 1. The van der Waals surface area contributed by atoms with Crippen LogP contribution in [0.15, 0.2) is 18.2 Å². The van der Waals surface area contributed by atoms with Gasteiger partial charge in [0.1, 0.15) is 11.6 Å². The second kappa shape index (κ2) is 6.10. The van der Waals surface area contributed by atoms with E-state index < -0.39 is 5.97 Å². The predicted octanol–water partition coefficient (Wildman–Crippen LogP) is 2.63. The topological polar surface area (TPSA) is 46.5 Å². The van der Waals surface area contributed by atoms with Crippen molar-refractivity contribution >= 4 is 5.97 Å². The van der Waals surface area contributed by atoms with Crippen LogP contribution in [0, 0.1) is 5.82 Å². The van der Waals surface area contributed by atoms with Crippen LogP contribution in [0.5, 0.6) is 5.75 Å². The molecule has 1 aromatic carbocycles. The number of unbranched alkanes of at least 4 members (excludes halogenated alkanes) is 1. The second-order valence-electron chi connectivity index (χ2n) is 3.56. The minimum Gasteiger partial charge on any atom is -0.496 e. The van der Waals surface area contributed by atoms with E-state index in [0.717, 1.165) is 12.0 Å². The SMILES string of the molecule is COc1cc(F)ccc1CCCCC(=O)O. The maximum atomic E-state index is 12.9. The molecule has 0 saturated carbocycles. The lowest BCUT2D eigenvalue weighted by molar-refractivity contribution is -0.137. The van der Waals surface area contributed by atoms with Crippen molar-refractivity contribution in [3.63, 3.8) is 0 Å². The Hall–Kier alpha value is -1.58. The molecule has 0 aliphatic carbocycles. The Labute approximate surface area is 93.9 Å². The first-order valence-corrected chi connectivity index (χ1v) is 5.17. The van der Waals surface area contributed by atoms with Crippen LogP contribution in [-0.2, 0) is 11.2 Å². The number of methoxy groups -OCH3 is 1. The summed E-state index contributed by atoms with van der Waals surface area (Å²) in [6.45, 7) is 0. The molecule has 16 heavy (non-hydrogen) atoms. The van der Waals surface area contributed by atoms with Crippen molar-refractivity contribution in [2.75, 3.05) is 7.11 Å². The van der Waals surface area contributed by atoms with Gasteiger partial charge in [-0.1, -0.05) is 6.07 Å². The third kappa shape index (κ3) is 3.88. The number of benzene rings is 1. The van der Waals surface area contributed by atoms with E-state index in [1.807, 2.05) is 0 Å². The van der Waals surface area contributed by atoms with Crippen LogP contribution < -0.4 is 4.74 Å². The van der Waals surface area contributed by atoms with Gasteiger partial charge in [0.05, 0.1) is 7.11 Å². The van der Waals surface area contributed by atoms with Crippen LogP contribution in [0.25, 0.3) is 0 Å². The molecule has 4 heteroatoms. The Bertz CT molecular complexity index is 363. The first kappa shape index (κ1) is 12.5. The number of halogens is 1. The molecule has 0 heterocycles. The predicted molar refractivity (Wildman–Crippen MR) is 58.1 cm³/mol. The molecule has 0 aromatic heterocycles. The summed E-state index contributed by atoms with van der Waals surface area (Å²) in [7, 11) is 1.50. The van der Waals surface area contributed by atoms with Crippen molar-refractivity contribution in [2.45, 2.75) is 25.7 Å². The van der Waals surface area contributed by atoms with Gasteiger partial charge in [-0.05, 0) is 30.9 Å². The van der Waals surface area contributed by atoms with Gasteiger partial charge >= 0.3 is 5.97 Å². The summed E-state index contributed by atoms with van der Waals surface area (Å²) in [4.78, 5) is 10.3. The summed E-state index contributed by atoms with van der Waals surface area (Å²) in [5.41, 5.74) is 0.911. The van der Waals surface area contributed by atoms with Crippen molar-refractivity contribution in [3.05, 3.63) is 29.6 Å². The highest BCUT2D eigenvalue weighted by Gasteiger charge is 2.05. The summed E-state index contributed by atoms with van der Waals surface area (Å²) in [6, 6.07) is 4.40. The highest BCUT2D eigenvalue weighted by molar-refractivity contribution is 5.66. The molecule has 1 rings (SSSR count). The van der Waals surface area contributed by atoms with Crippen molar-refractivity contribution in [1.82, 2.24) is 0 Å². The Kier molecular flexibility index (Phi) is 4.76. The van der Waals surface area contributed by atoms with E-state index in [4.69, 9.17) is 9.84 Å². The molecular weight excluding hydrogens is 211 g/mol. The zero-order valence-electron chi connectivity index (χ0n) is 9.20. The van der Waals surface area contributed by atoms with Crippen LogP contribution >= 0.6 is 0 Å². The summed E-state index contributed by atoms with van der Waals surface area (Å²) >= 11 is 0. The molecule has 0 unspecified atom stereocenters. The number of ether oxygens (including phenoxy) is 1. The number of aryl methyl sites for hydroxylation is 1. The highest BCUT2D eigenvalue weighted by Crippen LogP contribution is 2.21. The average molecular weight is 226 g/mol. The monoisotopic (exact) mass is 226 g/mol. The minimum atomic E-state index is -0.786. The summed E-state index contributed by atoms with van der Waals surface area (Å²) in [6.07, 6.45) is 2.25. The van der Waals surface area contributed by atoms with Gasteiger partial charge in [-0.3, -0.25) is 4.79 Å². The molecular formula is C12H15FO3. The molecule has 0 radical (unpaired) electrons. The van der Waals surface area contributed by atoms with Gasteiger partial charge in [-0.2, -0.15) is 0 Å². The number of aliphatic carboxylic acids is 1. The number of hydrogen-bond acceptors (Lipinski definition) is 2. The van der Waals surface area contributed by atoms with Crippen molar-refractivity contribution in [2.24, 2.45) is 0 Å². The first-order valence-electron chi connectivity index (χ1n) is 5.17. The standard InChI is InChI=1S/C12H15FO3/c1-16-11-8-10(13)7-6-9(11)4-2-3-5-12(14)15/h6-8H,2-5H2,1H3,(H,14,15). The molecule has 0 saturated heterocycles. The zero-order chi connectivity index (χ0) is 12.0.